The number of aromatic nitrogens is 1. The number of pyridine rings is 1. The second-order valence-corrected chi connectivity index (χ2v) is 10.0. The molecule has 3 heterocycles. The summed E-state index contributed by atoms with van der Waals surface area (Å²) in [6.45, 7) is 5.32. The lowest BCUT2D eigenvalue weighted by Gasteiger charge is -2.43. The number of piperidine rings is 1. The van der Waals surface area contributed by atoms with Crippen molar-refractivity contribution in [1.82, 2.24) is 9.88 Å². The Balaban J connectivity index is 1.34. The number of ether oxygens (including phenoxy) is 2. The summed E-state index contributed by atoms with van der Waals surface area (Å²) in [5.74, 6) is -0.0379. The number of nitrogens with zero attached hydrogens (tertiary/aromatic N) is 2. The molecular weight excluding hydrogens is 466 g/mol. The zero-order valence-electron chi connectivity index (χ0n) is 21.3. The molecule has 4 atom stereocenters. The normalized spacial score (nSPS) is 24.5. The van der Waals surface area contributed by atoms with Crippen LogP contribution in [-0.2, 0) is 16.1 Å². The average Bonchev–Trinajstić information content (AvgIpc) is 2.96. The summed E-state index contributed by atoms with van der Waals surface area (Å²) < 4.78 is 13.1. The van der Waals surface area contributed by atoms with E-state index in [2.05, 4.69) is 22.1 Å². The molecule has 0 aliphatic carbocycles. The van der Waals surface area contributed by atoms with Crippen LogP contribution < -0.4 is 5.32 Å². The summed E-state index contributed by atoms with van der Waals surface area (Å²) in [6, 6.07) is 19.1. The molecule has 2 aromatic carbocycles. The number of benzene rings is 2. The lowest BCUT2D eigenvalue weighted by molar-refractivity contribution is -0.276. The van der Waals surface area contributed by atoms with E-state index in [0.29, 0.717) is 11.3 Å². The van der Waals surface area contributed by atoms with E-state index in [1.54, 1.807) is 24.5 Å². The van der Waals surface area contributed by atoms with Crippen LogP contribution in [0.5, 0.6) is 0 Å². The maximum atomic E-state index is 12.5. The molecule has 0 saturated carbocycles. The Bertz CT molecular complexity index is 1150. The van der Waals surface area contributed by atoms with E-state index >= 15 is 0 Å². The fourth-order valence-corrected chi connectivity index (χ4v) is 5.15. The summed E-state index contributed by atoms with van der Waals surface area (Å²) in [4.78, 5) is 19.0. The van der Waals surface area contributed by atoms with Gasteiger partial charge in [0.25, 0.3) is 5.91 Å². The van der Waals surface area contributed by atoms with Crippen molar-refractivity contribution in [1.29, 1.82) is 0 Å². The predicted molar refractivity (Wildman–Crippen MR) is 142 cm³/mol. The van der Waals surface area contributed by atoms with Gasteiger partial charge in [0.05, 0.1) is 24.4 Å². The van der Waals surface area contributed by atoms with Crippen molar-refractivity contribution < 1.29 is 19.4 Å². The largest absolute Gasteiger partial charge is 0.392 e. The number of carbonyl (C=O) groups is 1. The molecule has 37 heavy (non-hydrogen) atoms. The zero-order valence-corrected chi connectivity index (χ0v) is 21.3. The Morgan fingerprint density at radius 2 is 1.73 bits per heavy atom. The minimum atomic E-state index is -0.517. The average molecular weight is 502 g/mol. The summed E-state index contributed by atoms with van der Waals surface area (Å²) in [5, 5.41) is 12.4. The maximum Gasteiger partial charge on any atom is 0.257 e. The first-order chi connectivity index (χ1) is 18.1. The van der Waals surface area contributed by atoms with Crippen molar-refractivity contribution in [2.75, 3.05) is 25.0 Å². The van der Waals surface area contributed by atoms with Crippen LogP contribution in [0.3, 0.4) is 0 Å². The molecule has 2 aliphatic heterocycles. The van der Waals surface area contributed by atoms with Gasteiger partial charge in [-0.3, -0.25) is 9.78 Å². The second kappa shape index (κ2) is 12.0. The van der Waals surface area contributed by atoms with Gasteiger partial charge in [-0.15, -0.1) is 0 Å². The summed E-state index contributed by atoms with van der Waals surface area (Å²) in [6.07, 6.45) is 6.33. The first kappa shape index (κ1) is 25.5. The van der Waals surface area contributed by atoms with E-state index in [-0.39, 0.29) is 30.6 Å². The van der Waals surface area contributed by atoms with Crippen molar-refractivity contribution in [2.45, 2.75) is 51.3 Å². The molecule has 7 heteroatoms. The van der Waals surface area contributed by atoms with Crippen LogP contribution in [0.2, 0.25) is 0 Å². The summed E-state index contributed by atoms with van der Waals surface area (Å²) >= 11 is 0. The SMILES string of the molecule is CC1C(CN2CCCCC2)OC(c2ccc(NC(=O)c3cccnc3)cc2)OC1c1ccc(CO)cc1. The Morgan fingerprint density at radius 3 is 2.41 bits per heavy atom. The highest BCUT2D eigenvalue weighted by Gasteiger charge is 2.39. The van der Waals surface area contributed by atoms with Gasteiger partial charge in [-0.2, -0.15) is 0 Å². The van der Waals surface area contributed by atoms with E-state index in [1.165, 1.54) is 19.3 Å². The van der Waals surface area contributed by atoms with Crippen LogP contribution in [0.25, 0.3) is 0 Å². The molecule has 0 bridgehead atoms. The lowest BCUT2D eigenvalue weighted by Crippen LogP contribution is -2.45. The fourth-order valence-electron chi connectivity index (χ4n) is 5.15. The molecular formula is C30H35N3O4. The first-order valence-corrected chi connectivity index (χ1v) is 13.1. The number of rotatable bonds is 7. The van der Waals surface area contributed by atoms with Gasteiger partial charge in [0.2, 0.25) is 0 Å². The fraction of sp³-hybridized carbons (Fsp3) is 0.400. The molecule has 194 valence electrons. The molecule has 5 rings (SSSR count). The van der Waals surface area contributed by atoms with E-state index in [4.69, 9.17) is 9.47 Å². The smallest absolute Gasteiger partial charge is 0.257 e. The third-order valence-electron chi connectivity index (χ3n) is 7.37. The van der Waals surface area contributed by atoms with Crippen molar-refractivity contribution in [2.24, 2.45) is 5.92 Å². The van der Waals surface area contributed by atoms with Gasteiger partial charge in [0.1, 0.15) is 0 Å². The molecule has 0 radical (unpaired) electrons. The molecule has 3 aromatic rings. The van der Waals surface area contributed by atoms with Gasteiger partial charge in [-0.1, -0.05) is 49.7 Å². The van der Waals surface area contributed by atoms with E-state index < -0.39 is 6.29 Å². The van der Waals surface area contributed by atoms with Crippen LogP contribution >= 0.6 is 0 Å². The van der Waals surface area contributed by atoms with Crippen molar-refractivity contribution in [3.8, 4) is 0 Å². The minimum Gasteiger partial charge on any atom is -0.392 e. The molecule has 4 unspecified atom stereocenters. The minimum absolute atomic E-state index is 0.0179. The number of hydrogen-bond donors (Lipinski definition) is 2. The predicted octanol–water partition coefficient (Wildman–Crippen LogP) is 5.10. The monoisotopic (exact) mass is 501 g/mol. The van der Waals surface area contributed by atoms with Crippen LogP contribution in [0.4, 0.5) is 5.69 Å². The number of hydrogen-bond acceptors (Lipinski definition) is 6. The molecule has 1 aromatic heterocycles. The Hall–Kier alpha value is -3.10. The molecule has 2 N–H and O–H groups in total. The van der Waals surface area contributed by atoms with Crippen LogP contribution in [0, 0.1) is 5.92 Å². The molecule has 7 nitrogen and oxygen atoms in total. The van der Waals surface area contributed by atoms with Crippen molar-refractivity contribution in [3.05, 3.63) is 95.3 Å². The van der Waals surface area contributed by atoms with Gasteiger partial charge in [0, 0.05) is 36.1 Å². The molecule has 0 spiro atoms. The van der Waals surface area contributed by atoms with Gasteiger partial charge in [0.15, 0.2) is 6.29 Å². The van der Waals surface area contributed by atoms with E-state index in [0.717, 1.165) is 36.3 Å². The highest BCUT2D eigenvalue weighted by atomic mass is 16.7. The Morgan fingerprint density at radius 1 is 1.00 bits per heavy atom. The number of aliphatic hydroxyl groups is 1. The van der Waals surface area contributed by atoms with E-state index in [1.807, 2.05) is 48.5 Å². The third kappa shape index (κ3) is 6.25. The quantitative estimate of drug-likeness (QED) is 0.469. The second-order valence-electron chi connectivity index (χ2n) is 10.0. The van der Waals surface area contributed by atoms with Crippen molar-refractivity contribution in [3.63, 3.8) is 0 Å². The number of anilines is 1. The van der Waals surface area contributed by atoms with Crippen LogP contribution in [-0.4, -0.2) is 46.6 Å². The zero-order chi connectivity index (χ0) is 25.6. The highest BCUT2D eigenvalue weighted by molar-refractivity contribution is 6.03. The van der Waals surface area contributed by atoms with Gasteiger partial charge < -0.3 is 24.8 Å². The van der Waals surface area contributed by atoms with Gasteiger partial charge in [-0.05, 0) is 61.3 Å². The topological polar surface area (TPSA) is 83.9 Å². The Kier molecular flexibility index (Phi) is 8.26. The number of carbonyl (C=O) groups excluding carboxylic acids is 1. The summed E-state index contributed by atoms with van der Waals surface area (Å²) in [7, 11) is 0. The number of nitrogens with one attached hydrogen (secondary N) is 1. The van der Waals surface area contributed by atoms with Crippen LogP contribution in [0.15, 0.2) is 73.1 Å². The molecule has 1 amide bonds. The van der Waals surface area contributed by atoms with Gasteiger partial charge in [-0.25, -0.2) is 0 Å². The maximum absolute atomic E-state index is 12.5. The standard InChI is InChI=1S/C30H35N3O4/c1-21-27(19-33-16-3-2-4-17-33)36-30(37-28(21)23-9-7-22(20-34)8-10-23)24-11-13-26(14-12-24)32-29(35)25-6-5-15-31-18-25/h5-15,18,21,27-28,30,34H,2-4,16-17,19-20H2,1H3,(H,32,35). The summed E-state index contributed by atoms with van der Waals surface area (Å²) in [5.41, 5.74) is 4.08. The van der Waals surface area contributed by atoms with E-state index in [9.17, 15) is 9.90 Å². The van der Waals surface area contributed by atoms with Gasteiger partial charge >= 0.3 is 0 Å². The van der Waals surface area contributed by atoms with Crippen molar-refractivity contribution >= 4 is 11.6 Å². The molecule has 2 aliphatic rings. The Labute approximate surface area is 218 Å². The lowest BCUT2D eigenvalue weighted by atomic mass is 9.89. The first-order valence-electron chi connectivity index (χ1n) is 13.1. The number of likely N-dealkylation sites (tertiary alicyclic amines) is 1. The molecule has 2 saturated heterocycles. The third-order valence-corrected chi connectivity index (χ3v) is 7.37. The highest BCUT2D eigenvalue weighted by Crippen LogP contribution is 2.42. The number of amides is 1. The number of aliphatic hydroxyl groups excluding tert-OH is 1. The van der Waals surface area contributed by atoms with Crippen LogP contribution in [0.1, 0.15) is 65.6 Å². The molecule has 2 fully saturated rings.